The van der Waals surface area contributed by atoms with Crippen molar-refractivity contribution in [2.45, 2.75) is 52.1 Å². The van der Waals surface area contributed by atoms with Crippen molar-refractivity contribution < 1.29 is 4.79 Å². The summed E-state index contributed by atoms with van der Waals surface area (Å²) in [5.74, 6) is 0.463. The van der Waals surface area contributed by atoms with Gasteiger partial charge < -0.3 is 10.6 Å². The molecule has 0 spiro atoms. The summed E-state index contributed by atoms with van der Waals surface area (Å²) in [6.45, 7) is 14.5. The fourth-order valence-corrected chi connectivity index (χ4v) is 2.76. The van der Waals surface area contributed by atoms with Crippen molar-refractivity contribution in [3.63, 3.8) is 0 Å². The molecular weight excluding hydrogens is 274 g/mol. The minimum absolute atomic E-state index is 0.0936. The molecule has 0 aromatic rings. The van der Waals surface area contributed by atoms with E-state index in [2.05, 4.69) is 29.0 Å². The van der Waals surface area contributed by atoms with Crippen LogP contribution >= 0.6 is 11.6 Å². The van der Waals surface area contributed by atoms with Gasteiger partial charge in [0.15, 0.2) is 0 Å². The summed E-state index contributed by atoms with van der Waals surface area (Å²) in [6.07, 6.45) is 2.28. The SMILES string of the molecule is C=C(Cl)CN1CCC[C@@H]([C@@H](C)NC(=O)NC(C)(C)C)C1. The van der Waals surface area contributed by atoms with Crippen LogP contribution in [0.15, 0.2) is 11.6 Å². The van der Waals surface area contributed by atoms with Crippen LogP contribution in [0.2, 0.25) is 0 Å². The van der Waals surface area contributed by atoms with Crippen molar-refractivity contribution in [2.75, 3.05) is 19.6 Å². The fourth-order valence-electron chi connectivity index (χ4n) is 2.59. The van der Waals surface area contributed by atoms with Crippen LogP contribution in [0, 0.1) is 5.92 Å². The first-order chi connectivity index (χ1) is 9.17. The molecule has 20 heavy (non-hydrogen) atoms. The molecule has 4 nitrogen and oxygen atoms in total. The van der Waals surface area contributed by atoms with Crippen LogP contribution in [0.5, 0.6) is 0 Å². The van der Waals surface area contributed by atoms with Crippen LogP contribution in [0.1, 0.15) is 40.5 Å². The van der Waals surface area contributed by atoms with Crippen molar-refractivity contribution >= 4 is 17.6 Å². The van der Waals surface area contributed by atoms with Gasteiger partial charge >= 0.3 is 6.03 Å². The highest BCUT2D eigenvalue weighted by Crippen LogP contribution is 2.20. The average molecular weight is 302 g/mol. The molecule has 0 bridgehead atoms. The Hall–Kier alpha value is -0.740. The zero-order valence-corrected chi connectivity index (χ0v) is 13.9. The molecule has 1 aliphatic heterocycles. The lowest BCUT2D eigenvalue weighted by atomic mass is 9.91. The maximum atomic E-state index is 11.9. The summed E-state index contributed by atoms with van der Waals surface area (Å²) < 4.78 is 0. The molecule has 0 saturated carbocycles. The van der Waals surface area contributed by atoms with Gasteiger partial charge in [0.05, 0.1) is 0 Å². The van der Waals surface area contributed by atoms with E-state index in [1.165, 1.54) is 0 Å². The summed E-state index contributed by atoms with van der Waals surface area (Å²) >= 11 is 5.88. The van der Waals surface area contributed by atoms with Crippen molar-refractivity contribution in [1.82, 2.24) is 15.5 Å². The van der Waals surface area contributed by atoms with Gasteiger partial charge in [0.25, 0.3) is 0 Å². The molecule has 1 aliphatic rings. The number of hydrogen-bond acceptors (Lipinski definition) is 2. The normalized spacial score (nSPS) is 22.1. The van der Waals surface area contributed by atoms with E-state index in [1.54, 1.807) is 0 Å². The minimum Gasteiger partial charge on any atom is -0.335 e. The van der Waals surface area contributed by atoms with Gasteiger partial charge in [-0.3, -0.25) is 4.90 Å². The standard InChI is InChI=1S/C15H28ClN3O/c1-11(16)9-19-8-6-7-13(10-19)12(2)17-14(20)18-15(3,4)5/h12-13H,1,6-10H2,2-5H3,(H2,17,18,20)/t12-,13-/m1/s1. The summed E-state index contributed by atoms with van der Waals surface area (Å²) in [4.78, 5) is 14.2. The Kier molecular flexibility index (Phi) is 6.34. The maximum absolute atomic E-state index is 11.9. The third kappa shape index (κ3) is 6.62. The highest BCUT2D eigenvalue weighted by molar-refractivity contribution is 6.29. The van der Waals surface area contributed by atoms with Crippen molar-refractivity contribution in [1.29, 1.82) is 0 Å². The minimum atomic E-state index is -0.210. The zero-order valence-electron chi connectivity index (χ0n) is 13.1. The van der Waals surface area contributed by atoms with Crippen LogP contribution in [0.4, 0.5) is 4.79 Å². The van der Waals surface area contributed by atoms with E-state index in [0.29, 0.717) is 11.0 Å². The van der Waals surface area contributed by atoms with Crippen molar-refractivity contribution in [3.8, 4) is 0 Å². The smallest absolute Gasteiger partial charge is 0.315 e. The lowest BCUT2D eigenvalue weighted by Gasteiger charge is -2.36. The number of carbonyl (C=O) groups excluding carboxylic acids is 1. The molecule has 2 amide bonds. The lowest BCUT2D eigenvalue weighted by Crippen LogP contribution is -2.52. The number of carbonyl (C=O) groups is 1. The molecule has 1 fully saturated rings. The molecule has 0 aliphatic carbocycles. The molecule has 1 saturated heterocycles. The van der Waals surface area contributed by atoms with E-state index >= 15 is 0 Å². The molecule has 0 radical (unpaired) electrons. The first-order valence-corrected chi connectivity index (χ1v) is 7.69. The Balaban J connectivity index is 2.44. The number of hydrogen-bond donors (Lipinski definition) is 2. The zero-order chi connectivity index (χ0) is 15.3. The molecule has 0 aromatic heterocycles. The van der Waals surface area contributed by atoms with Gasteiger partial charge in [-0.2, -0.15) is 0 Å². The summed E-state index contributed by atoms with van der Waals surface area (Å²) in [5.41, 5.74) is -0.210. The second-order valence-electron chi connectivity index (χ2n) is 6.79. The summed E-state index contributed by atoms with van der Waals surface area (Å²) in [5, 5.41) is 6.66. The van der Waals surface area contributed by atoms with Crippen LogP contribution in [0.25, 0.3) is 0 Å². The molecule has 5 heteroatoms. The van der Waals surface area contributed by atoms with E-state index in [-0.39, 0.29) is 17.6 Å². The quantitative estimate of drug-likeness (QED) is 0.838. The number of nitrogens with one attached hydrogen (secondary N) is 2. The molecule has 2 N–H and O–H groups in total. The average Bonchev–Trinajstić information content (AvgIpc) is 2.25. The van der Waals surface area contributed by atoms with E-state index in [9.17, 15) is 4.79 Å². The third-order valence-electron chi connectivity index (χ3n) is 3.49. The molecule has 2 atom stereocenters. The highest BCUT2D eigenvalue weighted by atomic mass is 35.5. The van der Waals surface area contributed by atoms with E-state index in [4.69, 9.17) is 11.6 Å². The van der Waals surface area contributed by atoms with Crippen molar-refractivity contribution in [2.24, 2.45) is 5.92 Å². The van der Waals surface area contributed by atoms with Crippen molar-refractivity contribution in [3.05, 3.63) is 11.6 Å². The van der Waals surface area contributed by atoms with Gasteiger partial charge in [-0.25, -0.2) is 4.79 Å². The molecule has 1 heterocycles. The first-order valence-electron chi connectivity index (χ1n) is 7.31. The monoisotopic (exact) mass is 301 g/mol. The van der Waals surface area contributed by atoms with E-state index < -0.39 is 0 Å². The molecular formula is C15H28ClN3O. The highest BCUT2D eigenvalue weighted by Gasteiger charge is 2.26. The Labute approximate surface area is 127 Å². The van der Waals surface area contributed by atoms with Gasteiger partial charge in [0.1, 0.15) is 0 Å². The summed E-state index contributed by atoms with van der Waals surface area (Å²) in [6, 6.07) is 0.0626. The Morgan fingerprint density at radius 3 is 2.70 bits per heavy atom. The molecule has 1 rings (SSSR count). The molecule has 0 aromatic carbocycles. The van der Waals surface area contributed by atoms with Crippen LogP contribution in [-0.2, 0) is 0 Å². The molecule has 116 valence electrons. The molecule has 0 unspecified atom stereocenters. The van der Waals surface area contributed by atoms with E-state index in [0.717, 1.165) is 32.5 Å². The second kappa shape index (κ2) is 7.32. The van der Waals surface area contributed by atoms with Gasteiger partial charge in [-0.15, -0.1) is 0 Å². The lowest BCUT2D eigenvalue weighted by molar-refractivity contribution is 0.161. The Bertz CT molecular complexity index is 352. The number of nitrogens with zero attached hydrogens (tertiary/aromatic N) is 1. The summed E-state index contributed by atoms with van der Waals surface area (Å²) in [7, 11) is 0. The van der Waals surface area contributed by atoms with Crippen LogP contribution in [0.3, 0.4) is 0 Å². The fraction of sp³-hybridized carbons (Fsp3) is 0.800. The van der Waals surface area contributed by atoms with Gasteiger partial charge in [0, 0.05) is 29.7 Å². The predicted octanol–water partition coefficient (Wildman–Crippen LogP) is 2.94. The first kappa shape index (κ1) is 17.3. The number of halogens is 1. The Morgan fingerprint density at radius 1 is 1.50 bits per heavy atom. The number of amides is 2. The van der Waals surface area contributed by atoms with Crippen LogP contribution < -0.4 is 10.6 Å². The number of urea groups is 1. The second-order valence-corrected chi connectivity index (χ2v) is 7.33. The van der Waals surface area contributed by atoms with Gasteiger partial charge in [-0.05, 0) is 53.0 Å². The van der Waals surface area contributed by atoms with Gasteiger partial charge in [-0.1, -0.05) is 18.2 Å². The number of rotatable bonds is 4. The van der Waals surface area contributed by atoms with E-state index in [1.807, 2.05) is 20.8 Å². The third-order valence-corrected chi connectivity index (χ3v) is 3.61. The Morgan fingerprint density at radius 2 is 2.15 bits per heavy atom. The number of likely N-dealkylation sites (tertiary alicyclic amines) is 1. The van der Waals surface area contributed by atoms with Gasteiger partial charge in [0.2, 0.25) is 0 Å². The topological polar surface area (TPSA) is 44.4 Å². The van der Waals surface area contributed by atoms with Crippen LogP contribution in [-0.4, -0.2) is 42.1 Å². The largest absolute Gasteiger partial charge is 0.335 e. The maximum Gasteiger partial charge on any atom is 0.315 e. The predicted molar refractivity (Wildman–Crippen MR) is 85.0 cm³/mol. The number of piperidine rings is 1.